The predicted octanol–water partition coefficient (Wildman–Crippen LogP) is 8.07. The predicted molar refractivity (Wildman–Crippen MR) is 228 cm³/mol. The normalized spacial score (nSPS) is 15.9. The number of nitrogens with one attached hydrogen (secondary N) is 1. The Labute approximate surface area is 341 Å². The first-order valence-corrected chi connectivity index (χ1v) is 22.9. The van der Waals surface area contributed by atoms with E-state index >= 15 is 0 Å². The lowest BCUT2D eigenvalue weighted by molar-refractivity contribution is -0.131. The fourth-order valence-corrected chi connectivity index (χ4v) is 7.33. The van der Waals surface area contributed by atoms with Crippen LogP contribution in [-0.4, -0.2) is 90.0 Å². The van der Waals surface area contributed by atoms with Gasteiger partial charge in [-0.05, 0) is 68.7 Å². The third kappa shape index (κ3) is 17.4. The van der Waals surface area contributed by atoms with Gasteiger partial charge in [-0.15, -0.1) is 0 Å². The molecular formula is C44H68FN5O6S. The zero-order chi connectivity index (χ0) is 41.8. The fraction of sp³-hybridized carbons (Fsp3) is 0.636. The van der Waals surface area contributed by atoms with Gasteiger partial charge < -0.3 is 20.4 Å². The van der Waals surface area contributed by atoms with E-state index in [1.165, 1.54) is 95.2 Å². The van der Waals surface area contributed by atoms with Crippen LogP contribution in [0.3, 0.4) is 0 Å². The summed E-state index contributed by atoms with van der Waals surface area (Å²) in [7, 11) is -2.33. The van der Waals surface area contributed by atoms with E-state index < -0.39 is 28.0 Å². The number of aliphatic hydroxyl groups is 2. The van der Waals surface area contributed by atoms with Gasteiger partial charge in [0.05, 0.1) is 36.3 Å². The number of aliphatic hydroxyl groups excluding tert-OH is 2. The minimum Gasteiger partial charge on any atom is -0.392 e. The first-order valence-electron chi connectivity index (χ1n) is 21.1. The number of amides is 2. The Hall–Kier alpha value is -3.68. The van der Waals surface area contributed by atoms with Crippen molar-refractivity contribution in [2.75, 3.05) is 30.7 Å². The maximum absolute atomic E-state index is 13.8. The summed E-state index contributed by atoms with van der Waals surface area (Å²) in [4.78, 5) is 36.5. The first kappa shape index (κ1) is 47.7. The summed E-state index contributed by atoms with van der Waals surface area (Å²) >= 11 is 0. The number of benzene rings is 1. The lowest BCUT2D eigenvalue weighted by Crippen LogP contribution is -2.39. The molecule has 0 bridgehead atoms. The van der Waals surface area contributed by atoms with Crippen molar-refractivity contribution in [1.82, 2.24) is 20.2 Å². The molecule has 3 rings (SSSR count). The summed E-state index contributed by atoms with van der Waals surface area (Å²) in [6.45, 7) is 7.06. The van der Waals surface area contributed by atoms with Crippen LogP contribution >= 0.6 is 0 Å². The van der Waals surface area contributed by atoms with Crippen LogP contribution in [0.2, 0.25) is 0 Å². The van der Waals surface area contributed by atoms with Gasteiger partial charge in [-0.25, -0.2) is 27.1 Å². The number of carbonyl (C=O) groups is 2. The molecule has 13 heteroatoms. The van der Waals surface area contributed by atoms with E-state index in [0.717, 1.165) is 36.2 Å². The summed E-state index contributed by atoms with van der Waals surface area (Å²) in [5.41, 5.74) is 1.88. The van der Waals surface area contributed by atoms with E-state index in [4.69, 9.17) is 0 Å². The van der Waals surface area contributed by atoms with Gasteiger partial charge in [0.1, 0.15) is 5.82 Å². The van der Waals surface area contributed by atoms with Crippen LogP contribution in [0.1, 0.15) is 147 Å². The van der Waals surface area contributed by atoms with Crippen molar-refractivity contribution in [3.05, 3.63) is 59.6 Å². The average Bonchev–Trinajstić information content (AvgIpc) is 3.63. The Bertz CT molecular complexity index is 1700. The Morgan fingerprint density at radius 1 is 0.965 bits per heavy atom. The molecular weight excluding hydrogens is 746 g/mol. The number of aromatic nitrogens is 2. The summed E-state index contributed by atoms with van der Waals surface area (Å²) in [5, 5.41) is 24.5. The zero-order valence-corrected chi connectivity index (χ0v) is 35.8. The Morgan fingerprint density at radius 3 is 2.19 bits per heavy atom. The number of allylic oxidation sites excluding steroid dienone is 2. The maximum Gasteiger partial charge on any atom is 0.239 e. The molecule has 3 N–H and O–H groups in total. The molecule has 2 amide bonds. The minimum atomic E-state index is -3.68. The lowest BCUT2D eigenvalue weighted by Gasteiger charge is -2.20. The standard InChI is InChI=1S/C44H68FN5O6S/c1-6-7-8-9-10-11-12-13-14-15-16-17-18-19-20-21-41(54)50-29-28-36(32-50)46-40(53)31-38(52)30-37(51)26-27-39-42(33(2)3)47-44(49(4)57(5,55)56)48-43(39)34-22-24-35(45)25-23-34/h13-14,22-27,33,36-38,51-52H,6-12,15-21,28-32H2,1-5H3,(H,46,53). The SMILES string of the molecule is CCCCCCCCC=CCCCCCCCC(=O)N1CCC(NC(=O)CC(O)CC(O)C=Cc2c(-c3ccc(F)cc3)nc(N(C)S(C)(=O)=O)nc2C(C)C)C1. The summed E-state index contributed by atoms with van der Waals surface area (Å²) in [6, 6.07) is 5.43. The number of halogens is 1. The van der Waals surface area contributed by atoms with Gasteiger partial charge >= 0.3 is 0 Å². The van der Waals surface area contributed by atoms with Crippen LogP contribution < -0.4 is 9.62 Å². The second-order valence-electron chi connectivity index (χ2n) is 15.8. The van der Waals surface area contributed by atoms with Crippen molar-refractivity contribution in [3.63, 3.8) is 0 Å². The number of likely N-dealkylation sites (tertiary alicyclic amines) is 1. The van der Waals surface area contributed by atoms with Crippen LogP contribution in [0, 0.1) is 5.82 Å². The van der Waals surface area contributed by atoms with Crippen LogP contribution in [0.25, 0.3) is 17.3 Å². The van der Waals surface area contributed by atoms with E-state index in [9.17, 15) is 32.6 Å². The van der Waals surface area contributed by atoms with E-state index in [2.05, 4.69) is 34.4 Å². The maximum atomic E-state index is 13.8. The fourth-order valence-electron chi connectivity index (χ4n) is 6.95. The smallest absolute Gasteiger partial charge is 0.239 e. The van der Waals surface area contributed by atoms with Crippen LogP contribution in [-0.2, 0) is 19.6 Å². The second-order valence-corrected chi connectivity index (χ2v) is 17.8. The van der Waals surface area contributed by atoms with Crippen molar-refractivity contribution >= 4 is 33.9 Å². The molecule has 11 nitrogen and oxygen atoms in total. The number of carbonyl (C=O) groups excluding carboxylic acids is 2. The van der Waals surface area contributed by atoms with Crippen molar-refractivity contribution in [2.45, 2.75) is 154 Å². The Balaban J connectivity index is 1.41. The molecule has 318 valence electrons. The second kappa shape index (κ2) is 24.9. The minimum absolute atomic E-state index is 0.0483. The van der Waals surface area contributed by atoms with Crippen molar-refractivity contribution in [1.29, 1.82) is 0 Å². The van der Waals surface area contributed by atoms with Crippen LogP contribution in [0.15, 0.2) is 42.5 Å². The van der Waals surface area contributed by atoms with Gasteiger partial charge in [0.2, 0.25) is 27.8 Å². The molecule has 1 saturated heterocycles. The third-order valence-corrected chi connectivity index (χ3v) is 11.5. The zero-order valence-electron chi connectivity index (χ0n) is 35.0. The number of hydrogen-bond acceptors (Lipinski definition) is 8. The first-order chi connectivity index (χ1) is 27.2. The van der Waals surface area contributed by atoms with Crippen molar-refractivity contribution < 1.29 is 32.6 Å². The number of unbranched alkanes of at least 4 members (excludes halogenated alkanes) is 11. The molecule has 2 heterocycles. The molecule has 3 atom stereocenters. The van der Waals surface area contributed by atoms with Gasteiger partial charge in [-0.3, -0.25) is 9.59 Å². The van der Waals surface area contributed by atoms with E-state index in [1.54, 1.807) is 6.08 Å². The van der Waals surface area contributed by atoms with Gasteiger partial charge in [-0.2, -0.15) is 0 Å². The van der Waals surface area contributed by atoms with Crippen molar-refractivity contribution in [2.24, 2.45) is 0 Å². The van der Waals surface area contributed by atoms with Gasteiger partial charge in [0, 0.05) is 50.1 Å². The Morgan fingerprint density at radius 2 is 1.58 bits per heavy atom. The molecule has 1 aliphatic heterocycles. The molecule has 3 unspecified atom stereocenters. The number of rotatable bonds is 26. The molecule has 1 fully saturated rings. The molecule has 2 aromatic rings. The van der Waals surface area contributed by atoms with Gasteiger partial charge in [0.15, 0.2) is 0 Å². The van der Waals surface area contributed by atoms with Gasteiger partial charge in [-0.1, -0.05) is 96.4 Å². The molecule has 57 heavy (non-hydrogen) atoms. The summed E-state index contributed by atoms with van der Waals surface area (Å²) in [5.74, 6) is -0.912. The van der Waals surface area contributed by atoms with E-state index in [-0.39, 0.29) is 42.6 Å². The van der Waals surface area contributed by atoms with E-state index in [1.807, 2.05) is 18.7 Å². The molecule has 0 aliphatic carbocycles. The molecule has 1 aromatic carbocycles. The van der Waals surface area contributed by atoms with E-state index in [0.29, 0.717) is 48.4 Å². The number of anilines is 1. The third-order valence-electron chi connectivity index (χ3n) is 10.4. The monoisotopic (exact) mass is 813 g/mol. The average molecular weight is 814 g/mol. The highest BCUT2D eigenvalue weighted by Gasteiger charge is 2.28. The summed E-state index contributed by atoms with van der Waals surface area (Å²) < 4.78 is 39.4. The summed E-state index contributed by atoms with van der Waals surface area (Å²) in [6.07, 6.45) is 23.1. The highest BCUT2D eigenvalue weighted by atomic mass is 32.2. The van der Waals surface area contributed by atoms with Gasteiger partial charge in [0.25, 0.3) is 0 Å². The highest BCUT2D eigenvalue weighted by molar-refractivity contribution is 7.92. The number of sulfonamides is 1. The largest absolute Gasteiger partial charge is 0.392 e. The topological polar surface area (TPSA) is 153 Å². The quantitative estimate of drug-likeness (QED) is 0.0637. The molecule has 1 aromatic heterocycles. The molecule has 0 radical (unpaired) electrons. The van der Waals surface area contributed by atoms with Crippen LogP contribution in [0.5, 0.6) is 0 Å². The molecule has 1 aliphatic rings. The number of nitrogens with zero attached hydrogens (tertiary/aromatic N) is 4. The van der Waals surface area contributed by atoms with Crippen LogP contribution in [0.4, 0.5) is 10.3 Å². The number of hydrogen-bond donors (Lipinski definition) is 3. The molecule has 0 saturated carbocycles. The van der Waals surface area contributed by atoms with Crippen molar-refractivity contribution in [3.8, 4) is 11.3 Å². The highest BCUT2D eigenvalue weighted by Crippen LogP contribution is 2.32. The Kier molecular flexibility index (Phi) is 20.9. The lowest BCUT2D eigenvalue weighted by atomic mass is 9.97. The molecule has 0 spiro atoms.